The van der Waals surface area contributed by atoms with Crippen LogP contribution in [0.3, 0.4) is 0 Å². The van der Waals surface area contributed by atoms with E-state index in [1.165, 1.54) is 78.5 Å². The predicted molar refractivity (Wildman–Crippen MR) is 323 cm³/mol. The molecule has 0 bridgehead atoms. The Labute approximate surface area is 526 Å². The fourth-order valence-corrected chi connectivity index (χ4v) is 15.8. The molecule has 3 aromatic heterocycles. The quantitative estimate of drug-likeness (QED) is 0.0740. The number of anilines is 3. The van der Waals surface area contributed by atoms with Crippen molar-refractivity contribution in [3.63, 3.8) is 0 Å². The minimum Gasteiger partial charge on any atom is -0.458 e. The SMILES string of the molecule is CC1(c2cc(NC(=O)c3ccc(F)cn3)ccc2F)CC2(CC(F)(F)C2)OC(N)=N1.CC1(c2cc(NC(=O)c3ccc(F)cn3)ccc2F)CC2(CC(F)(F)C2)SC(N)=N1.CC1(c2cc(NC(=O)c3ccc(F)cn3)ccc2F)CC2(CCC(F)(F)CC2)SC(N)=N1. The van der Waals surface area contributed by atoms with E-state index in [0.29, 0.717) is 12.1 Å². The molecule has 9 N–H and O–H groups in total. The van der Waals surface area contributed by atoms with E-state index in [1.54, 1.807) is 20.8 Å². The van der Waals surface area contributed by atoms with Crippen LogP contribution in [0.25, 0.3) is 0 Å². The van der Waals surface area contributed by atoms with Crippen LogP contribution in [0.15, 0.2) is 125 Å². The van der Waals surface area contributed by atoms with Gasteiger partial charge in [-0.15, -0.1) is 0 Å². The first-order valence-electron chi connectivity index (χ1n) is 28.4. The highest BCUT2D eigenvalue weighted by Gasteiger charge is 2.64. The minimum absolute atomic E-state index is 0.00176. The molecule has 3 aliphatic carbocycles. The molecule has 3 unspecified atom stereocenters. The van der Waals surface area contributed by atoms with Crippen LogP contribution < -0.4 is 33.2 Å². The van der Waals surface area contributed by atoms with Gasteiger partial charge in [0.2, 0.25) is 5.92 Å². The van der Waals surface area contributed by atoms with Gasteiger partial charge in [0, 0.05) is 75.4 Å². The maximum atomic E-state index is 14.9. The minimum atomic E-state index is -2.87. The molecule has 30 heteroatoms. The highest BCUT2D eigenvalue weighted by atomic mass is 32.2. The fourth-order valence-electron chi connectivity index (χ4n) is 12.7. The van der Waals surface area contributed by atoms with Crippen LogP contribution in [0.2, 0.25) is 0 Å². The molecule has 0 radical (unpaired) electrons. The van der Waals surface area contributed by atoms with Crippen molar-refractivity contribution in [1.29, 1.82) is 0 Å². The molecule has 3 amide bonds. The van der Waals surface area contributed by atoms with E-state index < -0.39 is 115 Å². The molecular weight excluding hydrogens is 1270 g/mol. The number of pyridine rings is 3. The first-order chi connectivity index (χ1) is 43.0. The third-order valence-corrected chi connectivity index (χ3v) is 19.0. The number of nitrogens with zero attached hydrogens (tertiary/aromatic N) is 6. The third-order valence-electron chi connectivity index (χ3n) is 16.5. The third kappa shape index (κ3) is 14.9. The second-order valence-electron chi connectivity index (χ2n) is 24.4. The summed E-state index contributed by atoms with van der Waals surface area (Å²) in [6, 6.07) is 18.5. The van der Waals surface area contributed by atoms with Gasteiger partial charge in [0.1, 0.15) is 57.6 Å². The molecule has 3 atom stereocenters. The van der Waals surface area contributed by atoms with Crippen molar-refractivity contribution in [3.8, 4) is 0 Å². The topological polar surface area (TPSA) is 250 Å². The molecule has 3 aliphatic heterocycles. The average Bonchev–Trinajstić information content (AvgIpc) is 0.735. The van der Waals surface area contributed by atoms with Crippen molar-refractivity contribution in [2.24, 2.45) is 32.2 Å². The number of aliphatic imine (C=N–C) groups is 3. The average molecular weight is 1330 g/mol. The van der Waals surface area contributed by atoms with Gasteiger partial charge >= 0.3 is 0 Å². The summed E-state index contributed by atoms with van der Waals surface area (Å²) in [4.78, 5) is 61.2. The highest BCUT2D eigenvalue weighted by molar-refractivity contribution is 8.15. The van der Waals surface area contributed by atoms with Crippen LogP contribution in [0.5, 0.6) is 0 Å². The highest BCUT2D eigenvalue weighted by Crippen LogP contribution is 2.61. The van der Waals surface area contributed by atoms with Crippen LogP contribution >= 0.6 is 23.5 Å². The van der Waals surface area contributed by atoms with Crippen molar-refractivity contribution in [3.05, 3.63) is 178 Å². The van der Waals surface area contributed by atoms with E-state index in [4.69, 9.17) is 21.9 Å². The maximum absolute atomic E-state index is 14.9. The second-order valence-corrected chi connectivity index (χ2v) is 27.3. The molecule has 92 heavy (non-hydrogen) atoms. The Bertz CT molecular complexity index is 3770. The Morgan fingerprint density at radius 2 is 0.783 bits per heavy atom. The molecular formula is C62H58F12N12O4S2. The lowest BCUT2D eigenvalue weighted by Gasteiger charge is -2.52. The van der Waals surface area contributed by atoms with Gasteiger partial charge in [0.05, 0.1) is 48.0 Å². The van der Waals surface area contributed by atoms with Gasteiger partial charge in [-0.25, -0.2) is 72.6 Å². The second kappa shape index (κ2) is 24.6. The lowest BCUT2D eigenvalue weighted by atomic mass is 9.67. The molecule has 3 aromatic carbocycles. The van der Waals surface area contributed by atoms with E-state index in [-0.39, 0.29) is 113 Å². The van der Waals surface area contributed by atoms with Crippen LogP contribution in [0.4, 0.5) is 69.7 Å². The molecule has 0 saturated heterocycles. The Balaban J connectivity index is 0.000000151. The number of hydrogen-bond donors (Lipinski definition) is 6. The van der Waals surface area contributed by atoms with E-state index >= 15 is 0 Å². The van der Waals surface area contributed by atoms with Crippen LogP contribution in [0.1, 0.15) is 140 Å². The van der Waals surface area contributed by atoms with Crippen LogP contribution in [-0.4, -0.2) is 81.9 Å². The summed E-state index contributed by atoms with van der Waals surface area (Å²) < 4.78 is 169. The summed E-state index contributed by atoms with van der Waals surface area (Å²) in [6.45, 7) is 4.94. The first kappa shape index (κ1) is 66.5. The Morgan fingerprint density at radius 3 is 1.13 bits per heavy atom. The Morgan fingerprint density at radius 1 is 0.435 bits per heavy atom. The zero-order valence-electron chi connectivity index (χ0n) is 49.1. The first-order valence-corrected chi connectivity index (χ1v) is 30.1. The number of amidine groups is 3. The van der Waals surface area contributed by atoms with Crippen LogP contribution in [-0.2, 0) is 21.4 Å². The van der Waals surface area contributed by atoms with E-state index in [9.17, 15) is 67.1 Å². The number of benzene rings is 3. The standard InChI is InChI=1S/C22H22F4N4OS.C20H18F4N4O2.C20H18F4N4OS/c1-20(12-21(32-19(27)30-20)6-8-22(25,26)9-7-21)15-10-14(3-4-16(15)24)29-18(31)17-5-2-13(23)11-28-17;2*1-18(8-19(30-17(25)28-18)9-20(23,24)10-19)13-6-12(3-4-14(13)22)27-16(29)15-5-2-11(21)7-26-15/h2-5,10-11H,6-9,12H2,1H3,(H2,27,30)(H,29,31);2*2-7H,8-10H2,1H3,(H2,25,28)(H,27,29). The number of alkyl halides is 6. The van der Waals surface area contributed by atoms with Crippen molar-refractivity contribution in [2.75, 3.05) is 16.0 Å². The number of carbonyl (C=O) groups is 3. The molecule has 3 saturated carbocycles. The van der Waals surface area contributed by atoms with Crippen molar-refractivity contribution in [1.82, 2.24) is 15.0 Å². The van der Waals surface area contributed by atoms with Crippen LogP contribution in [0, 0.1) is 34.9 Å². The summed E-state index contributed by atoms with van der Waals surface area (Å²) in [5.41, 5.74) is 14.2. The van der Waals surface area contributed by atoms with E-state index in [2.05, 4.69) is 45.9 Å². The molecule has 6 aliphatic rings. The van der Waals surface area contributed by atoms with Gasteiger partial charge in [-0.1, -0.05) is 23.5 Å². The summed E-state index contributed by atoms with van der Waals surface area (Å²) in [6.07, 6.45) is 1.56. The zero-order chi connectivity index (χ0) is 66.6. The van der Waals surface area contributed by atoms with Gasteiger partial charge in [-0.05, 0) is 137 Å². The van der Waals surface area contributed by atoms with Crippen molar-refractivity contribution >= 4 is 74.7 Å². The summed E-state index contributed by atoms with van der Waals surface area (Å²) >= 11 is 2.40. The normalized spacial score (nSPS) is 24.0. The number of thioether (sulfide) groups is 2. The summed E-state index contributed by atoms with van der Waals surface area (Å²) in [5.74, 6) is -13.6. The lowest BCUT2D eigenvalue weighted by molar-refractivity contribution is -0.210. The number of aromatic nitrogens is 3. The van der Waals surface area contributed by atoms with E-state index in [0.717, 1.165) is 54.6 Å². The summed E-state index contributed by atoms with van der Waals surface area (Å²) in [7, 11) is 0. The lowest BCUT2D eigenvalue weighted by Crippen LogP contribution is -2.60. The Hall–Kier alpha value is -8.41. The molecule has 486 valence electrons. The number of nitrogens with two attached hydrogens (primary N) is 3. The van der Waals surface area contributed by atoms with Gasteiger partial charge in [0.15, 0.2) is 10.3 Å². The number of hydrogen-bond acceptors (Lipinski definition) is 15. The Kier molecular flexibility index (Phi) is 17.8. The molecule has 16 nitrogen and oxygen atoms in total. The molecule has 6 heterocycles. The van der Waals surface area contributed by atoms with E-state index in [1.807, 2.05) is 0 Å². The maximum Gasteiger partial charge on any atom is 0.283 e. The number of rotatable bonds is 9. The fraction of sp³-hybridized carbons (Fsp3) is 0.371. The predicted octanol–water partition coefficient (Wildman–Crippen LogP) is 13.4. The molecule has 6 aromatic rings. The van der Waals surface area contributed by atoms with Gasteiger partial charge in [-0.3, -0.25) is 24.4 Å². The largest absolute Gasteiger partial charge is 0.458 e. The number of amides is 3. The van der Waals surface area contributed by atoms with Gasteiger partial charge in [0.25, 0.3) is 35.6 Å². The monoisotopic (exact) mass is 1330 g/mol. The van der Waals surface area contributed by atoms with Crippen molar-refractivity contribution < 1.29 is 71.8 Å². The number of halogens is 12. The summed E-state index contributed by atoms with van der Waals surface area (Å²) in [5, 5.41) is 8.11. The number of carbonyl (C=O) groups excluding carboxylic acids is 3. The number of nitrogens with one attached hydrogen (secondary N) is 3. The molecule has 3 fully saturated rings. The molecule has 3 spiro atoms. The smallest absolute Gasteiger partial charge is 0.283 e. The molecule has 12 rings (SSSR count). The van der Waals surface area contributed by atoms with Gasteiger partial charge < -0.3 is 37.9 Å². The number of ether oxygens (including phenoxy) is 1. The zero-order valence-corrected chi connectivity index (χ0v) is 50.7. The van der Waals surface area contributed by atoms with Crippen molar-refractivity contribution in [2.45, 2.75) is 141 Å². The van der Waals surface area contributed by atoms with Gasteiger partial charge in [-0.2, -0.15) is 0 Å².